The fraction of sp³-hybridized carbons (Fsp3) is 0.400. The molecular formula is C20H24N2O4. The zero-order valence-electron chi connectivity index (χ0n) is 15.6. The average molecular weight is 356 g/mol. The largest absolute Gasteiger partial charge is 0.378 e. The third-order valence-electron chi connectivity index (χ3n) is 4.93. The average Bonchev–Trinajstić information content (AvgIpc) is 2.63. The zero-order valence-corrected chi connectivity index (χ0v) is 15.6. The Morgan fingerprint density at radius 3 is 1.23 bits per heavy atom. The van der Waals surface area contributed by atoms with Crippen LogP contribution < -0.4 is 9.80 Å². The highest BCUT2D eigenvalue weighted by molar-refractivity contribution is 5.50. The number of nitrogens with zero attached hydrogens (tertiary/aromatic N) is 2. The smallest absolute Gasteiger partial charge is 0.290 e. The van der Waals surface area contributed by atoms with Gasteiger partial charge in [-0.15, -0.1) is 0 Å². The lowest BCUT2D eigenvalue weighted by Gasteiger charge is -2.56. The van der Waals surface area contributed by atoms with Gasteiger partial charge in [0.15, 0.2) is 0 Å². The van der Waals surface area contributed by atoms with Gasteiger partial charge in [-0.25, -0.2) is 0 Å². The molecule has 0 aliphatic carbocycles. The van der Waals surface area contributed by atoms with Crippen LogP contribution in [0.15, 0.2) is 48.5 Å². The van der Waals surface area contributed by atoms with E-state index in [0.29, 0.717) is 13.2 Å². The molecule has 0 radical (unpaired) electrons. The maximum absolute atomic E-state index is 6.09. The molecule has 0 spiro atoms. The second-order valence-electron chi connectivity index (χ2n) is 6.98. The number of rotatable bonds is 4. The van der Waals surface area contributed by atoms with Gasteiger partial charge in [0.1, 0.15) is 0 Å². The first-order valence-electron chi connectivity index (χ1n) is 8.69. The van der Waals surface area contributed by atoms with E-state index in [4.69, 9.17) is 19.2 Å². The van der Waals surface area contributed by atoms with E-state index < -0.39 is 11.6 Å². The monoisotopic (exact) mass is 356 g/mol. The van der Waals surface area contributed by atoms with E-state index in [2.05, 4.69) is 0 Å². The van der Waals surface area contributed by atoms with E-state index >= 15 is 0 Å². The van der Waals surface area contributed by atoms with Crippen molar-refractivity contribution >= 4 is 11.4 Å². The van der Waals surface area contributed by atoms with Gasteiger partial charge < -0.3 is 19.3 Å². The van der Waals surface area contributed by atoms with Gasteiger partial charge in [-0.2, -0.15) is 9.78 Å². The molecule has 2 heterocycles. The maximum atomic E-state index is 6.09. The fourth-order valence-corrected chi connectivity index (χ4v) is 3.40. The summed E-state index contributed by atoms with van der Waals surface area (Å²) >= 11 is 0. The Morgan fingerprint density at radius 2 is 0.962 bits per heavy atom. The molecule has 0 saturated carbocycles. The van der Waals surface area contributed by atoms with Crippen molar-refractivity contribution in [2.75, 3.05) is 51.2 Å². The topological polar surface area (TPSA) is 43.4 Å². The number of ether oxygens (including phenoxy) is 2. The predicted octanol–water partition coefficient (Wildman–Crippen LogP) is 2.83. The van der Waals surface area contributed by atoms with Crippen molar-refractivity contribution in [1.29, 1.82) is 0 Å². The van der Waals surface area contributed by atoms with Gasteiger partial charge in [-0.1, -0.05) is 24.3 Å². The Hall–Kier alpha value is -2.12. The standard InChI is InChI=1S/C20H24N2O4/c1-21(2)17-9-5-15(6-10-17)19-20(26-25-19,24-14-13-23-19)16-7-11-18(12-8-16)22(3)4/h5-12H,13-14H2,1-4H3. The summed E-state index contributed by atoms with van der Waals surface area (Å²) in [6.45, 7) is 0.882. The molecule has 2 aromatic carbocycles. The van der Waals surface area contributed by atoms with Crippen molar-refractivity contribution in [3.63, 3.8) is 0 Å². The number of hydrogen-bond acceptors (Lipinski definition) is 6. The Balaban J connectivity index is 1.74. The van der Waals surface area contributed by atoms with Crippen LogP contribution in [0, 0.1) is 0 Å². The Morgan fingerprint density at radius 1 is 0.615 bits per heavy atom. The second kappa shape index (κ2) is 6.25. The summed E-state index contributed by atoms with van der Waals surface area (Å²) in [6, 6.07) is 16.1. The second-order valence-corrected chi connectivity index (χ2v) is 6.98. The molecule has 0 N–H and O–H groups in total. The lowest BCUT2D eigenvalue weighted by atomic mass is 9.88. The van der Waals surface area contributed by atoms with Gasteiger partial charge in [0.05, 0.1) is 13.2 Å². The minimum atomic E-state index is -1.10. The van der Waals surface area contributed by atoms with E-state index in [1.54, 1.807) is 0 Å². The summed E-state index contributed by atoms with van der Waals surface area (Å²) in [6.07, 6.45) is 0. The molecule has 138 valence electrons. The van der Waals surface area contributed by atoms with E-state index in [1.165, 1.54) is 0 Å². The minimum absolute atomic E-state index is 0.441. The van der Waals surface area contributed by atoms with Crippen LogP contribution in [0.4, 0.5) is 11.4 Å². The quantitative estimate of drug-likeness (QED) is 0.785. The molecular weight excluding hydrogens is 332 g/mol. The SMILES string of the molecule is CN(C)c1ccc(C23OCCOC2(c2ccc(N(C)C)cc2)OO3)cc1. The van der Waals surface area contributed by atoms with Crippen LogP contribution in [0.5, 0.6) is 0 Å². The summed E-state index contributed by atoms with van der Waals surface area (Å²) in [5, 5.41) is 0. The highest BCUT2D eigenvalue weighted by Crippen LogP contribution is 2.58. The van der Waals surface area contributed by atoms with E-state index in [0.717, 1.165) is 22.5 Å². The molecule has 2 fully saturated rings. The van der Waals surface area contributed by atoms with Crippen LogP contribution in [0.1, 0.15) is 11.1 Å². The molecule has 4 rings (SSSR count). The molecule has 2 saturated heterocycles. The highest BCUT2D eigenvalue weighted by Gasteiger charge is 2.71. The lowest BCUT2D eigenvalue weighted by molar-refractivity contribution is -0.693. The third kappa shape index (κ3) is 2.41. The first kappa shape index (κ1) is 17.3. The number of hydrogen-bond donors (Lipinski definition) is 0. The summed E-state index contributed by atoms with van der Waals surface area (Å²) < 4.78 is 12.2. The van der Waals surface area contributed by atoms with Crippen molar-refractivity contribution in [2.45, 2.75) is 11.6 Å². The van der Waals surface area contributed by atoms with Gasteiger partial charge in [0.2, 0.25) is 0 Å². The van der Waals surface area contributed by atoms with Crippen molar-refractivity contribution in [2.24, 2.45) is 0 Å². The molecule has 2 aromatic rings. The van der Waals surface area contributed by atoms with Crippen molar-refractivity contribution in [1.82, 2.24) is 0 Å². The number of benzene rings is 2. The summed E-state index contributed by atoms with van der Waals surface area (Å²) in [7, 11) is 8.03. The van der Waals surface area contributed by atoms with Crippen LogP contribution in [-0.4, -0.2) is 41.4 Å². The molecule has 2 unspecified atom stereocenters. The summed E-state index contributed by atoms with van der Waals surface area (Å²) in [5.74, 6) is -2.20. The molecule has 2 aliphatic rings. The molecule has 0 aromatic heterocycles. The van der Waals surface area contributed by atoms with Gasteiger partial charge in [-0.05, 0) is 24.3 Å². The Kier molecular flexibility index (Phi) is 4.16. The normalized spacial score (nSPS) is 27.4. The number of anilines is 2. The molecule has 2 atom stereocenters. The van der Waals surface area contributed by atoms with Gasteiger partial charge in [0, 0.05) is 50.7 Å². The van der Waals surface area contributed by atoms with Crippen LogP contribution in [0.3, 0.4) is 0 Å². The van der Waals surface area contributed by atoms with Crippen LogP contribution in [-0.2, 0) is 30.8 Å². The third-order valence-corrected chi connectivity index (χ3v) is 4.93. The van der Waals surface area contributed by atoms with Gasteiger partial charge in [-0.3, -0.25) is 0 Å². The van der Waals surface area contributed by atoms with Crippen LogP contribution >= 0.6 is 0 Å². The Bertz CT molecular complexity index is 708. The molecule has 0 bridgehead atoms. The molecule has 6 nitrogen and oxygen atoms in total. The maximum Gasteiger partial charge on any atom is 0.290 e. The van der Waals surface area contributed by atoms with Crippen molar-refractivity contribution in [3.05, 3.63) is 59.7 Å². The van der Waals surface area contributed by atoms with Crippen LogP contribution in [0.25, 0.3) is 0 Å². The van der Waals surface area contributed by atoms with E-state index in [9.17, 15) is 0 Å². The molecule has 2 aliphatic heterocycles. The van der Waals surface area contributed by atoms with Gasteiger partial charge >= 0.3 is 0 Å². The summed E-state index contributed by atoms with van der Waals surface area (Å²) in [5.41, 5.74) is 3.93. The first-order valence-corrected chi connectivity index (χ1v) is 8.69. The van der Waals surface area contributed by atoms with Crippen molar-refractivity contribution < 1.29 is 19.2 Å². The number of fused-ring (bicyclic) bond motifs is 1. The first-order chi connectivity index (χ1) is 12.5. The van der Waals surface area contributed by atoms with Gasteiger partial charge in [0.25, 0.3) is 11.6 Å². The zero-order chi connectivity index (χ0) is 18.4. The predicted molar refractivity (Wildman–Crippen MR) is 99.0 cm³/mol. The molecule has 6 heteroatoms. The lowest BCUT2D eigenvalue weighted by Crippen LogP contribution is -2.67. The summed E-state index contributed by atoms with van der Waals surface area (Å²) in [4.78, 5) is 15.2. The molecule has 26 heavy (non-hydrogen) atoms. The Labute approximate surface area is 153 Å². The van der Waals surface area contributed by atoms with E-state index in [-0.39, 0.29) is 0 Å². The minimum Gasteiger partial charge on any atom is -0.378 e. The molecule has 0 amide bonds. The van der Waals surface area contributed by atoms with E-state index in [1.807, 2.05) is 86.5 Å². The highest BCUT2D eigenvalue weighted by atomic mass is 17.3. The van der Waals surface area contributed by atoms with Crippen LogP contribution in [0.2, 0.25) is 0 Å². The fourth-order valence-electron chi connectivity index (χ4n) is 3.40. The van der Waals surface area contributed by atoms with Crippen molar-refractivity contribution in [3.8, 4) is 0 Å².